The first-order chi connectivity index (χ1) is 16.9. The van der Waals surface area contributed by atoms with E-state index in [1.54, 1.807) is 0 Å². The van der Waals surface area contributed by atoms with Crippen LogP contribution >= 0.6 is 0 Å². The van der Waals surface area contributed by atoms with Crippen LogP contribution in [-0.2, 0) is 4.74 Å². The number of nitrogens with one attached hydrogen (secondary N) is 1. The molecule has 1 aliphatic carbocycles. The third kappa shape index (κ3) is 4.92. The number of hydrogen-bond acceptors (Lipinski definition) is 7. The summed E-state index contributed by atoms with van der Waals surface area (Å²) < 4.78 is 10.5. The number of amides is 1. The standard InChI is InChI=1S/C27H26N2O6/c1-34-24-13-16(14-28)12-21(26(24)32)25(31)23(30)10-11-29-27(33)35-15-22-19-8-4-2-6-17(19)18-7-3-5-9-20(18)22/h2-9,12-13,22-23,25,30-32H,10-11,15H2,1H3,(H,29,33). The Kier molecular flexibility index (Phi) is 7.20. The Morgan fingerprint density at radius 3 is 2.31 bits per heavy atom. The molecule has 8 nitrogen and oxygen atoms in total. The van der Waals surface area contributed by atoms with E-state index in [4.69, 9.17) is 14.7 Å². The van der Waals surface area contributed by atoms with Crippen LogP contribution in [0, 0.1) is 11.3 Å². The molecule has 0 saturated carbocycles. The van der Waals surface area contributed by atoms with Gasteiger partial charge in [0.25, 0.3) is 0 Å². The highest BCUT2D eigenvalue weighted by atomic mass is 16.5. The van der Waals surface area contributed by atoms with Gasteiger partial charge in [0.05, 0.1) is 24.8 Å². The molecule has 3 aromatic rings. The van der Waals surface area contributed by atoms with Crippen molar-refractivity contribution in [3.63, 3.8) is 0 Å². The number of rotatable bonds is 8. The first-order valence-corrected chi connectivity index (χ1v) is 11.2. The second-order valence-electron chi connectivity index (χ2n) is 8.28. The number of benzene rings is 3. The van der Waals surface area contributed by atoms with E-state index in [0.29, 0.717) is 0 Å². The van der Waals surface area contributed by atoms with Crippen LogP contribution in [0.5, 0.6) is 11.5 Å². The smallest absolute Gasteiger partial charge is 0.407 e. The summed E-state index contributed by atoms with van der Waals surface area (Å²) in [7, 11) is 1.32. The monoisotopic (exact) mass is 474 g/mol. The second kappa shape index (κ2) is 10.5. The van der Waals surface area contributed by atoms with Crippen molar-refractivity contribution in [1.29, 1.82) is 5.26 Å². The second-order valence-corrected chi connectivity index (χ2v) is 8.28. The molecule has 1 aliphatic rings. The average molecular weight is 475 g/mol. The summed E-state index contributed by atoms with van der Waals surface area (Å²) in [6, 6.07) is 20.6. The van der Waals surface area contributed by atoms with Crippen molar-refractivity contribution in [3.8, 4) is 28.7 Å². The topological polar surface area (TPSA) is 132 Å². The maximum Gasteiger partial charge on any atom is 0.407 e. The molecule has 0 aromatic heterocycles. The van der Waals surface area contributed by atoms with Gasteiger partial charge >= 0.3 is 6.09 Å². The lowest BCUT2D eigenvalue weighted by molar-refractivity contribution is 0.0122. The predicted molar refractivity (Wildman–Crippen MR) is 128 cm³/mol. The van der Waals surface area contributed by atoms with Gasteiger partial charge in [-0.2, -0.15) is 5.26 Å². The van der Waals surface area contributed by atoms with E-state index >= 15 is 0 Å². The fourth-order valence-corrected chi connectivity index (χ4v) is 4.41. The molecule has 2 unspecified atom stereocenters. The Balaban J connectivity index is 1.32. The van der Waals surface area contributed by atoms with E-state index in [-0.39, 0.29) is 48.1 Å². The van der Waals surface area contributed by atoms with Gasteiger partial charge in [0.15, 0.2) is 11.5 Å². The van der Waals surface area contributed by atoms with Gasteiger partial charge in [-0.25, -0.2) is 4.79 Å². The van der Waals surface area contributed by atoms with Crippen LogP contribution in [-0.4, -0.2) is 47.8 Å². The van der Waals surface area contributed by atoms with Crippen molar-refractivity contribution >= 4 is 6.09 Å². The zero-order valence-electron chi connectivity index (χ0n) is 19.1. The number of aromatic hydroxyl groups is 1. The van der Waals surface area contributed by atoms with Crippen LogP contribution in [0.15, 0.2) is 60.7 Å². The molecule has 8 heteroatoms. The van der Waals surface area contributed by atoms with E-state index in [1.165, 1.54) is 19.2 Å². The molecule has 180 valence electrons. The summed E-state index contributed by atoms with van der Waals surface area (Å²) in [4.78, 5) is 12.3. The molecule has 1 amide bonds. The number of carbonyl (C=O) groups excluding carboxylic acids is 1. The Morgan fingerprint density at radius 2 is 1.71 bits per heavy atom. The number of phenolic OH excluding ortho intramolecular Hbond substituents is 1. The maximum absolute atomic E-state index is 12.3. The van der Waals surface area contributed by atoms with E-state index in [1.807, 2.05) is 42.5 Å². The number of nitriles is 1. The Morgan fingerprint density at radius 1 is 1.09 bits per heavy atom. The van der Waals surface area contributed by atoms with Crippen LogP contribution in [0.1, 0.15) is 40.7 Å². The molecule has 0 bridgehead atoms. The van der Waals surface area contributed by atoms with Gasteiger partial charge in [0, 0.05) is 24.1 Å². The summed E-state index contributed by atoms with van der Waals surface area (Å²) >= 11 is 0. The number of alkyl carbamates (subject to hydrolysis) is 1. The number of ether oxygens (including phenoxy) is 2. The first-order valence-electron chi connectivity index (χ1n) is 11.2. The number of nitrogens with zero attached hydrogens (tertiary/aromatic N) is 1. The van der Waals surface area contributed by atoms with Crippen LogP contribution in [0.25, 0.3) is 11.1 Å². The highest BCUT2D eigenvalue weighted by Gasteiger charge is 2.29. The third-order valence-electron chi connectivity index (χ3n) is 6.19. The molecule has 4 rings (SSSR count). The average Bonchev–Trinajstić information content (AvgIpc) is 3.20. The van der Waals surface area contributed by atoms with Gasteiger partial charge < -0.3 is 30.1 Å². The number of fused-ring (bicyclic) bond motifs is 3. The Labute approximate surface area is 203 Å². The number of methoxy groups -OCH3 is 1. The Hall–Kier alpha value is -4.06. The quantitative estimate of drug-likeness (QED) is 0.392. The third-order valence-corrected chi connectivity index (χ3v) is 6.19. The van der Waals surface area contributed by atoms with Crippen molar-refractivity contribution in [3.05, 3.63) is 82.9 Å². The van der Waals surface area contributed by atoms with Gasteiger partial charge in [-0.05, 0) is 34.7 Å². The minimum Gasteiger partial charge on any atom is -0.504 e. The first kappa shape index (κ1) is 24.1. The van der Waals surface area contributed by atoms with Gasteiger partial charge in [-0.3, -0.25) is 0 Å². The highest BCUT2D eigenvalue weighted by Crippen LogP contribution is 2.44. The predicted octanol–water partition coefficient (Wildman–Crippen LogP) is 3.60. The molecule has 35 heavy (non-hydrogen) atoms. The maximum atomic E-state index is 12.3. The normalized spacial score (nSPS) is 13.8. The van der Waals surface area contributed by atoms with E-state index in [2.05, 4.69) is 17.4 Å². The highest BCUT2D eigenvalue weighted by molar-refractivity contribution is 5.79. The van der Waals surface area contributed by atoms with Crippen LogP contribution in [0.4, 0.5) is 4.79 Å². The SMILES string of the molecule is COc1cc(C#N)cc(C(O)C(O)CCNC(=O)OCC2c3ccccc3-c3ccccc32)c1O. The van der Waals surface area contributed by atoms with Crippen molar-refractivity contribution in [2.45, 2.75) is 24.5 Å². The van der Waals surface area contributed by atoms with E-state index in [0.717, 1.165) is 22.3 Å². The molecular formula is C27H26N2O6. The zero-order chi connectivity index (χ0) is 24.9. The fourth-order valence-electron chi connectivity index (χ4n) is 4.41. The molecule has 0 aliphatic heterocycles. The number of phenols is 1. The van der Waals surface area contributed by atoms with Crippen molar-refractivity contribution in [2.24, 2.45) is 0 Å². The van der Waals surface area contributed by atoms with Crippen molar-refractivity contribution < 1.29 is 29.6 Å². The van der Waals surface area contributed by atoms with Gasteiger partial charge in [0.1, 0.15) is 12.7 Å². The largest absolute Gasteiger partial charge is 0.504 e. The lowest BCUT2D eigenvalue weighted by atomic mass is 9.98. The molecule has 0 saturated heterocycles. The lowest BCUT2D eigenvalue weighted by Gasteiger charge is -2.20. The van der Waals surface area contributed by atoms with Gasteiger partial charge in [-0.15, -0.1) is 0 Å². The molecule has 4 N–H and O–H groups in total. The molecule has 3 aromatic carbocycles. The van der Waals surface area contributed by atoms with E-state index in [9.17, 15) is 20.1 Å². The fraction of sp³-hybridized carbons (Fsp3) is 0.259. The summed E-state index contributed by atoms with van der Waals surface area (Å²) in [6.45, 7) is 0.199. The van der Waals surface area contributed by atoms with E-state index < -0.39 is 18.3 Å². The number of carbonyl (C=O) groups is 1. The van der Waals surface area contributed by atoms with Crippen molar-refractivity contribution in [1.82, 2.24) is 5.32 Å². The summed E-state index contributed by atoms with van der Waals surface area (Å²) in [5.74, 6) is -0.407. The molecule has 0 radical (unpaired) electrons. The van der Waals surface area contributed by atoms with Gasteiger partial charge in [0.2, 0.25) is 0 Å². The summed E-state index contributed by atoms with van der Waals surface area (Å²) in [5.41, 5.74) is 4.61. The molecular weight excluding hydrogens is 448 g/mol. The summed E-state index contributed by atoms with van der Waals surface area (Å²) in [6.07, 6.45) is -3.44. The minimum atomic E-state index is -1.48. The van der Waals surface area contributed by atoms with Gasteiger partial charge in [-0.1, -0.05) is 48.5 Å². The number of aliphatic hydroxyl groups excluding tert-OH is 2. The lowest BCUT2D eigenvalue weighted by Crippen LogP contribution is -2.30. The summed E-state index contributed by atoms with van der Waals surface area (Å²) in [5, 5.41) is 42.8. The molecule has 0 fully saturated rings. The number of aliphatic hydroxyl groups is 2. The van der Waals surface area contributed by atoms with Crippen LogP contribution in [0.3, 0.4) is 0 Å². The Bertz CT molecular complexity index is 1220. The van der Waals surface area contributed by atoms with Crippen LogP contribution < -0.4 is 10.1 Å². The minimum absolute atomic E-state index is 0.0100. The number of hydrogen-bond donors (Lipinski definition) is 4. The van der Waals surface area contributed by atoms with Crippen molar-refractivity contribution in [2.75, 3.05) is 20.3 Å². The zero-order valence-corrected chi connectivity index (χ0v) is 19.1. The van der Waals surface area contributed by atoms with Crippen LogP contribution in [0.2, 0.25) is 0 Å². The molecule has 2 atom stereocenters. The molecule has 0 heterocycles. The molecule has 0 spiro atoms.